The van der Waals surface area contributed by atoms with Crippen molar-refractivity contribution in [3.63, 3.8) is 0 Å². The van der Waals surface area contributed by atoms with Crippen molar-refractivity contribution >= 4 is 27.4 Å². The Bertz CT molecular complexity index is 360. The monoisotopic (exact) mass is 225 g/mol. The number of carbonyl (C=O) groups excluding carboxylic acids is 1. The van der Waals surface area contributed by atoms with Gasteiger partial charge in [-0.25, -0.2) is 0 Å². The first-order valence-corrected chi connectivity index (χ1v) is 4.59. The fourth-order valence-corrected chi connectivity index (χ4v) is 2.12. The number of hydrogen-bond donors (Lipinski definition) is 1. The second kappa shape index (κ2) is 2.59. The highest BCUT2D eigenvalue weighted by molar-refractivity contribution is 9.10. The minimum Gasteiger partial charge on any atom is -0.398 e. The van der Waals surface area contributed by atoms with Crippen LogP contribution in [-0.4, -0.2) is 5.78 Å². The zero-order chi connectivity index (χ0) is 8.72. The fourth-order valence-electron chi connectivity index (χ4n) is 1.60. The van der Waals surface area contributed by atoms with Crippen molar-refractivity contribution in [1.82, 2.24) is 0 Å². The van der Waals surface area contributed by atoms with Crippen LogP contribution in [0.4, 0.5) is 5.69 Å². The molecule has 0 radical (unpaired) electrons. The molecule has 1 aromatic carbocycles. The lowest BCUT2D eigenvalue weighted by Crippen LogP contribution is -1.98. The number of nitrogens with two attached hydrogens (primary N) is 1. The quantitative estimate of drug-likeness (QED) is 0.689. The van der Waals surface area contributed by atoms with Crippen LogP contribution in [0.15, 0.2) is 16.6 Å². The lowest BCUT2D eigenvalue weighted by Gasteiger charge is -2.02. The summed E-state index contributed by atoms with van der Waals surface area (Å²) < 4.78 is 0.952. The summed E-state index contributed by atoms with van der Waals surface area (Å²) in [5.41, 5.74) is 8.12. The number of Topliss-reactive ketones (excluding diaryl/α,β-unsaturated/α-hetero) is 1. The van der Waals surface area contributed by atoms with Gasteiger partial charge in [0.15, 0.2) is 5.78 Å². The van der Waals surface area contributed by atoms with Crippen LogP contribution in [0.1, 0.15) is 22.3 Å². The number of aryl methyl sites for hydroxylation is 1. The molecule has 0 heterocycles. The summed E-state index contributed by atoms with van der Waals surface area (Å²) >= 11 is 3.34. The maximum absolute atomic E-state index is 11.3. The van der Waals surface area contributed by atoms with Crippen molar-refractivity contribution in [3.05, 3.63) is 27.7 Å². The lowest BCUT2D eigenvalue weighted by atomic mass is 10.1. The number of ketones is 1. The molecular weight excluding hydrogens is 218 g/mol. The number of hydrogen-bond acceptors (Lipinski definition) is 2. The lowest BCUT2D eigenvalue weighted by molar-refractivity contribution is 0.0995. The van der Waals surface area contributed by atoms with E-state index in [0.717, 1.165) is 22.0 Å². The first kappa shape index (κ1) is 7.80. The first-order chi connectivity index (χ1) is 5.68. The molecule has 0 aromatic heterocycles. The van der Waals surface area contributed by atoms with Gasteiger partial charge < -0.3 is 5.73 Å². The number of rotatable bonds is 0. The van der Waals surface area contributed by atoms with Gasteiger partial charge >= 0.3 is 0 Å². The number of nitrogen functional groups attached to an aromatic ring is 1. The van der Waals surface area contributed by atoms with Crippen molar-refractivity contribution in [2.75, 3.05) is 5.73 Å². The Balaban J connectivity index is 2.68. The van der Waals surface area contributed by atoms with E-state index in [1.807, 2.05) is 6.07 Å². The molecule has 0 atom stereocenters. The summed E-state index contributed by atoms with van der Waals surface area (Å²) in [6.45, 7) is 0. The second-order valence-corrected chi connectivity index (χ2v) is 3.87. The standard InChI is InChI=1S/C9H8BrNO/c10-6-3-5-1-2-8(12)9(5)7(11)4-6/h3-4H,1-2,11H2. The smallest absolute Gasteiger partial charge is 0.165 e. The molecule has 0 spiro atoms. The van der Waals surface area contributed by atoms with Crippen molar-refractivity contribution in [1.29, 1.82) is 0 Å². The average molecular weight is 226 g/mol. The molecular formula is C9H8BrNO. The van der Waals surface area contributed by atoms with Crippen molar-refractivity contribution < 1.29 is 4.79 Å². The third kappa shape index (κ3) is 1.05. The summed E-state index contributed by atoms with van der Waals surface area (Å²) in [6, 6.07) is 3.75. The van der Waals surface area contributed by atoms with E-state index in [1.54, 1.807) is 6.07 Å². The zero-order valence-corrected chi connectivity index (χ0v) is 8.02. The van der Waals surface area contributed by atoms with Crippen LogP contribution >= 0.6 is 15.9 Å². The molecule has 0 amide bonds. The van der Waals surface area contributed by atoms with Crippen LogP contribution in [-0.2, 0) is 6.42 Å². The van der Waals surface area contributed by atoms with Crippen LogP contribution in [0.25, 0.3) is 0 Å². The summed E-state index contributed by atoms with van der Waals surface area (Å²) in [7, 11) is 0. The molecule has 0 saturated heterocycles. The SMILES string of the molecule is Nc1cc(Br)cc2c1C(=O)CC2. The molecule has 2 nitrogen and oxygen atoms in total. The largest absolute Gasteiger partial charge is 0.398 e. The Labute approximate surface area is 78.9 Å². The van der Waals surface area contributed by atoms with E-state index in [1.165, 1.54) is 0 Å². The van der Waals surface area contributed by atoms with Crippen molar-refractivity contribution in [2.45, 2.75) is 12.8 Å². The highest BCUT2D eigenvalue weighted by Gasteiger charge is 2.22. The number of fused-ring (bicyclic) bond motifs is 1. The highest BCUT2D eigenvalue weighted by Crippen LogP contribution is 2.30. The Kier molecular flexibility index (Phi) is 1.68. The molecule has 62 valence electrons. The van der Waals surface area contributed by atoms with Gasteiger partial charge in [0.2, 0.25) is 0 Å². The van der Waals surface area contributed by atoms with Crippen LogP contribution in [0.3, 0.4) is 0 Å². The van der Waals surface area contributed by atoms with Crippen molar-refractivity contribution in [3.8, 4) is 0 Å². The maximum atomic E-state index is 11.3. The zero-order valence-electron chi connectivity index (χ0n) is 6.43. The van der Waals surface area contributed by atoms with Gasteiger partial charge in [0.05, 0.1) is 0 Å². The third-order valence-corrected chi connectivity index (χ3v) is 2.57. The number of anilines is 1. The molecule has 1 aromatic rings. The Morgan fingerprint density at radius 3 is 2.83 bits per heavy atom. The van der Waals surface area contributed by atoms with Crippen LogP contribution in [0.2, 0.25) is 0 Å². The summed E-state index contributed by atoms with van der Waals surface area (Å²) in [5.74, 6) is 0.176. The topological polar surface area (TPSA) is 43.1 Å². The molecule has 0 aliphatic heterocycles. The molecule has 1 aliphatic rings. The molecule has 0 fully saturated rings. The third-order valence-electron chi connectivity index (χ3n) is 2.12. The summed E-state index contributed by atoms with van der Waals surface area (Å²) in [6.07, 6.45) is 1.44. The van der Waals surface area contributed by atoms with Gasteiger partial charge in [-0.05, 0) is 24.1 Å². The normalized spacial score (nSPS) is 14.9. The van der Waals surface area contributed by atoms with E-state index in [-0.39, 0.29) is 5.78 Å². The fraction of sp³-hybridized carbons (Fsp3) is 0.222. The van der Waals surface area contributed by atoms with Crippen LogP contribution in [0, 0.1) is 0 Å². The predicted octanol–water partition coefficient (Wildman–Crippen LogP) is 2.16. The van der Waals surface area contributed by atoms with Gasteiger partial charge in [0, 0.05) is 22.1 Å². The van der Waals surface area contributed by atoms with Crippen molar-refractivity contribution in [2.24, 2.45) is 0 Å². The van der Waals surface area contributed by atoms with E-state index in [4.69, 9.17) is 5.73 Å². The average Bonchev–Trinajstić information content (AvgIpc) is 2.31. The van der Waals surface area contributed by atoms with E-state index in [2.05, 4.69) is 15.9 Å². The molecule has 2 N–H and O–H groups in total. The minimum absolute atomic E-state index is 0.176. The summed E-state index contributed by atoms with van der Waals surface area (Å²) in [5, 5.41) is 0. The Morgan fingerprint density at radius 1 is 1.33 bits per heavy atom. The first-order valence-electron chi connectivity index (χ1n) is 3.79. The van der Waals surface area contributed by atoms with E-state index >= 15 is 0 Å². The van der Waals surface area contributed by atoms with Gasteiger partial charge in [-0.2, -0.15) is 0 Å². The van der Waals surface area contributed by atoms with Gasteiger partial charge in [-0.15, -0.1) is 0 Å². The van der Waals surface area contributed by atoms with Crippen LogP contribution in [0.5, 0.6) is 0 Å². The number of carbonyl (C=O) groups is 1. The van der Waals surface area contributed by atoms with E-state index in [9.17, 15) is 4.79 Å². The highest BCUT2D eigenvalue weighted by atomic mass is 79.9. The Morgan fingerprint density at radius 2 is 2.08 bits per heavy atom. The number of benzene rings is 1. The Hall–Kier alpha value is -0.830. The molecule has 0 saturated carbocycles. The second-order valence-electron chi connectivity index (χ2n) is 2.95. The molecule has 12 heavy (non-hydrogen) atoms. The molecule has 0 bridgehead atoms. The number of halogens is 1. The molecule has 1 aliphatic carbocycles. The van der Waals surface area contributed by atoms with Gasteiger partial charge in [-0.1, -0.05) is 15.9 Å². The molecule has 2 rings (SSSR count). The molecule has 0 unspecified atom stereocenters. The van der Waals surface area contributed by atoms with Gasteiger partial charge in [-0.3, -0.25) is 4.79 Å². The van der Waals surface area contributed by atoms with E-state index < -0.39 is 0 Å². The van der Waals surface area contributed by atoms with Crippen LogP contribution < -0.4 is 5.73 Å². The summed E-state index contributed by atoms with van der Waals surface area (Å²) in [4.78, 5) is 11.3. The van der Waals surface area contributed by atoms with E-state index in [0.29, 0.717) is 12.1 Å². The predicted molar refractivity (Wildman–Crippen MR) is 51.2 cm³/mol. The van der Waals surface area contributed by atoms with Gasteiger partial charge in [0.1, 0.15) is 0 Å². The maximum Gasteiger partial charge on any atom is 0.165 e. The van der Waals surface area contributed by atoms with Gasteiger partial charge in [0.25, 0.3) is 0 Å². The molecule has 3 heteroatoms. The minimum atomic E-state index is 0.176.